The summed E-state index contributed by atoms with van der Waals surface area (Å²) in [6.07, 6.45) is 0.350. The van der Waals surface area contributed by atoms with E-state index in [1.165, 1.54) is 0 Å². The molecule has 0 fully saturated rings. The normalized spacial score (nSPS) is 9.80. The maximum atomic E-state index is 10.8. The van der Waals surface area contributed by atoms with Gasteiger partial charge in [0.15, 0.2) is 0 Å². The van der Waals surface area contributed by atoms with Crippen molar-refractivity contribution in [2.45, 2.75) is 20.3 Å². The Morgan fingerprint density at radius 3 is 2.80 bits per heavy atom. The summed E-state index contributed by atoms with van der Waals surface area (Å²) in [6, 6.07) is 5.27. The minimum absolute atomic E-state index is 0.0604. The fraction of sp³-hybridized carbons (Fsp3) is 0.364. The molecule has 0 bridgehead atoms. The maximum Gasteiger partial charge on any atom is 0.308 e. The number of ether oxygens (including phenoxy) is 2. The zero-order valence-electron chi connectivity index (χ0n) is 8.75. The first-order chi connectivity index (χ1) is 7.13. The van der Waals surface area contributed by atoms with Crippen LogP contribution in [0.15, 0.2) is 18.2 Å². The van der Waals surface area contributed by atoms with Crippen molar-refractivity contribution in [3.05, 3.63) is 28.8 Å². The summed E-state index contributed by atoms with van der Waals surface area (Å²) in [6.45, 7) is 3.55. The molecular formula is C11H13ClO3. The highest BCUT2D eigenvalue weighted by atomic mass is 35.5. The Labute approximate surface area is 93.9 Å². The highest BCUT2D eigenvalue weighted by Crippen LogP contribution is 2.21. The molecule has 0 spiro atoms. The molecule has 0 N–H and O–H groups in total. The molecule has 0 atom stereocenters. The van der Waals surface area contributed by atoms with Crippen molar-refractivity contribution in [1.82, 2.24) is 0 Å². The number of carbonyl (C=O) groups is 1. The van der Waals surface area contributed by atoms with Crippen LogP contribution >= 0.6 is 11.6 Å². The van der Waals surface area contributed by atoms with Crippen LogP contribution in [0.25, 0.3) is 0 Å². The van der Waals surface area contributed by atoms with Gasteiger partial charge in [-0.15, -0.1) is 0 Å². The molecule has 0 radical (unpaired) electrons. The largest absolute Gasteiger partial charge is 0.457 e. The van der Waals surface area contributed by atoms with Crippen LogP contribution in [0.2, 0.25) is 5.02 Å². The summed E-state index contributed by atoms with van der Waals surface area (Å²) >= 11 is 5.78. The number of halogens is 1. The minimum Gasteiger partial charge on any atom is -0.457 e. The molecule has 1 aromatic rings. The molecule has 0 heterocycles. The van der Waals surface area contributed by atoms with Crippen molar-refractivity contribution in [1.29, 1.82) is 0 Å². The third-order valence-electron chi connectivity index (χ3n) is 1.86. The zero-order chi connectivity index (χ0) is 11.3. The van der Waals surface area contributed by atoms with Crippen molar-refractivity contribution >= 4 is 17.6 Å². The summed E-state index contributed by atoms with van der Waals surface area (Å²) < 4.78 is 10.0. The van der Waals surface area contributed by atoms with Crippen LogP contribution in [0.4, 0.5) is 0 Å². The van der Waals surface area contributed by atoms with Gasteiger partial charge in [-0.25, -0.2) is 0 Å². The predicted octanol–water partition coefficient (Wildman–Crippen LogP) is 2.94. The Balaban J connectivity index is 2.47. The first-order valence-corrected chi connectivity index (χ1v) is 5.06. The summed E-state index contributed by atoms with van der Waals surface area (Å²) in [5, 5.41) is 0.658. The van der Waals surface area contributed by atoms with E-state index in [0.717, 1.165) is 5.56 Å². The number of benzene rings is 1. The molecule has 0 unspecified atom stereocenters. The standard InChI is InChI=1S/C11H13ClO3/c1-3-11(13)15-7-14-10-5-4-9(12)6-8(10)2/h4-6H,3,7H2,1-2H3. The zero-order valence-corrected chi connectivity index (χ0v) is 9.50. The molecule has 82 valence electrons. The Bertz CT molecular complexity index is 350. The van der Waals surface area contributed by atoms with Crippen LogP contribution in [0.1, 0.15) is 18.9 Å². The van der Waals surface area contributed by atoms with Gasteiger partial charge in [-0.1, -0.05) is 18.5 Å². The Hall–Kier alpha value is -1.22. The van der Waals surface area contributed by atoms with Crippen molar-refractivity contribution in [3.8, 4) is 5.75 Å². The highest BCUT2D eigenvalue weighted by molar-refractivity contribution is 6.30. The third kappa shape index (κ3) is 3.80. The van der Waals surface area contributed by atoms with Crippen LogP contribution < -0.4 is 4.74 Å². The SMILES string of the molecule is CCC(=O)OCOc1ccc(Cl)cc1C. The van der Waals surface area contributed by atoms with Gasteiger partial charge in [0.1, 0.15) is 5.75 Å². The smallest absolute Gasteiger partial charge is 0.308 e. The van der Waals surface area contributed by atoms with Crippen LogP contribution in [0.3, 0.4) is 0 Å². The number of rotatable bonds is 4. The van der Waals surface area contributed by atoms with Crippen molar-refractivity contribution in [2.75, 3.05) is 6.79 Å². The van der Waals surface area contributed by atoms with Crippen molar-refractivity contribution in [3.63, 3.8) is 0 Å². The second-order valence-electron chi connectivity index (χ2n) is 3.04. The van der Waals surface area contributed by atoms with Gasteiger partial charge in [0.05, 0.1) is 0 Å². The van der Waals surface area contributed by atoms with Gasteiger partial charge in [-0.2, -0.15) is 0 Å². The van der Waals surface area contributed by atoms with E-state index in [-0.39, 0.29) is 12.8 Å². The van der Waals surface area contributed by atoms with Gasteiger partial charge >= 0.3 is 5.97 Å². The maximum absolute atomic E-state index is 10.8. The second kappa shape index (κ2) is 5.61. The van der Waals surface area contributed by atoms with E-state index in [1.54, 1.807) is 25.1 Å². The van der Waals surface area contributed by atoms with Crippen LogP contribution in [0.5, 0.6) is 5.75 Å². The van der Waals surface area contributed by atoms with Gasteiger partial charge in [-0.3, -0.25) is 4.79 Å². The van der Waals surface area contributed by atoms with E-state index in [1.807, 2.05) is 6.92 Å². The van der Waals surface area contributed by atoms with Gasteiger partial charge in [0, 0.05) is 11.4 Å². The molecule has 0 saturated carbocycles. The Morgan fingerprint density at radius 1 is 1.47 bits per heavy atom. The van der Waals surface area contributed by atoms with Gasteiger partial charge in [0.2, 0.25) is 6.79 Å². The average Bonchev–Trinajstić information content (AvgIpc) is 2.21. The minimum atomic E-state index is -0.276. The highest BCUT2D eigenvalue weighted by Gasteiger charge is 2.02. The van der Waals surface area contributed by atoms with Gasteiger partial charge in [0.25, 0.3) is 0 Å². The van der Waals surface area contributed by atoms with E-state index < -0.39 is 0 Å². The molecule has 0 amide bonds. The van der Waals surface area contributed by atoms with E-state index in [9.17, 15) is 4.79 Å². The molecular weight excluding hydrogens is 216 g/mol. The van der Waals surface area contributed by atoms with Crippen LogP contribution in [-0.4, -0.2) is 12.8 Å². The number of carbonyl (C=O) groups excluding carboxylic acids is 1. The van der Waals surface area contributed by atoms with Crippen LogP contribution in [0, 0.1) is 6.92 Å². The molecule has 1 aromatic carbocycles. The molecule has 0 aliphatic rings. The quantitative estimate of drug-likeness (QED) is 0.587. The Morgan fingerprint density at radius 2 is 2.20 bits per heavy atom. The van der Waals surface area contributed by atoms with Gasteiger partial charge in [-0.05, 0) is 30.7 Å². The number of hydrogen-bond acceptors (Lipinski definition) is 3. The van der Waals surface area contributed by atoms with Gasteiger partial charge < -0.3 is 9.47 Å². The lowest BCUT2D eigenvalue weighted by Crippen LogP contribution is -2.09. The number of esters is 1. The Kier molecular flexibility index (Phi) is 4.43. The lowest BCUT2D eigenvalue weighted by atomic mass is 10.2. The molecule has 3 nitrogen and oxygen atoms in total. The van der Waals surface area contributed by atoms with Crippen LogP contribution in [-0.2, 0) is 9.53 Å². The van der Waals surface area contributed by atoms with Crippen molar-refractivity contribution in [2.24, 2.45) is 0 Å². The molecule has 0 aromatic heterocycles. The molecule has 0 saturated heterocycles. The fourth-order valence-corrected chi connectivity index (χ4v) is 1.26. The summed E-state index contributed by atoms with van der Waals surface area (Å²) in [5.41, 5.74) is 0.912. The first kappa shape index (κ1) is 11.9. The average molecular weight is 229 g/mol. The lowest BCUT2D eigenvalue weighted by Gasteiger charge is -2.09. The topological polar surface area (TPSA) is 35.5 Å². The molecule has 4 heteroatoms. The summed E-state index contributed by atoms with van der Waals surface area (Å²) in [5.74, 6) is 0.393. The molecule has 0 aliphatic heterocycles. The monoisotopic (exact) mass is 228 g/mol. The van der Waals surface area contributed by atoms with E-state index in [4.69, 9.17) is 21.1 Å². The molecule has 0 aliphatic carbocycles. The molecule has 15 heavy (non-hydrogen) atoms. The van der Waals surface area contributed by atoms with Crippen molar-refractivity contribution < 1.29 is 14.3 Å². The molecule has 1 rings (SSSR count). The van der Waals surface area contributed by atoms with E-state index >= 15 is 0 Å². The van der Waals surface area contributed by atoms with E-state index in [0.29, 0.717) is 17.2 Å². The predicted molar refractivity (Wildman–Crippen MR) is 58.1 cm³/mol. The third-order valence-corrected chi connectivity index (χ3v) is 2.10. The summed E-state index contributed by atoms with van der Waals surface area (Å²) in [7, 11) is 0. The number of hydrogen-bond donors (Lipinski definition) is 0. The lowest BCUT2D eigenvalue weighted by molar-refractivity contribution is -0.149. The second-order valence-corrected chi connectivity index (χ2v) is 3.48. The number of aryl methyl sites for hydroxylation is 1. The fourth-order valence-electron chi connectivity index (χ4n) is 1.04. The first-order valence-electron chi connectivity index (χ1n) is 4.68. The van der Waals surface area contributed by atoms with E-state index in [2.05, 4.69) is 0 Å². The summed E-state index contributed by atoms with van der Waals surface area (Å²) in [4.78, 5) is 10.8.